The molecule has 0 heterocycles. The molecule has 0 aliphatic carbocycles. The molecule has 1 aromatic rings. The maximum Gasteiger partial charge on any atom is 0.338 e. The van der Waals surface area contributed by atoms with Gasteiger partial charge >= 0.3 is 29.8 Å². The molecule has 140 valence electrons. The van der Waals surface area contributed by atoms with E-state index in [1.165, 1.54) is 0 Å². The number of hydrogen-bond acceptors (Lipinski definition) is 7. The molecule has 0 bridgehead atoms. The van der Waals surface area contributed by atoms with E-state index < -0.39 is 54.5 Å². The zero-order chi connectivity index (χ0) is 20.0. The summed E-state index contributed by atoms with van der Waals surface area (Å²) >= 11 is 0. The lowest BCUT2D eigenvalue weighted by Gasteiger charge is -2.27. The largest absolute Gasteiger partial charge is 0.480 e. The summed E-state index contributed by atoms with van der Waals surface area (Å²) in [6.45, 7) is -1.63. The van der Waals surface area contributed by atoms with Crippen LogP contribution in [0.5, 0.6) is 0 Å². The average Bonchev–Trinajstić information content (AvgIpc) is 2.50. The van der Waals surface area contributed by atoms with E-state index in [4.69, 9.17) is 20.4 Å². The predicted molar refractivity (Wildman–Crippen MR) is 83.6 cm³/mol. The fraction of sp³-hybridized carbons (Fsp3) is 0.214. The van der Waals surface area contributed by atoms with E-state index in [2.05, 4.69) is 5.32 Å². The molecule has 1 aromatic carbocycles. The van der Waals surface area contributed by atoms with Gasteiger partial charge in [0.25, 0.3) is 0 Å². The van der Waals surface area contributed by atoms with Crippen molar-refractivity contribution in [3.63, 3.8) is 0 Å². The van der Waals surface area contributed by atoms with Crippen LogP contribution in [0.1, 0.15) is 10.4 Å². The van der Waals surface area contributed by atoms with Gasteiger partial charge in [0.1, 0.15) is 13.1 Å². The van der Waals surface area contributed by atoms with Crippen molar-refractivity contribution in [3.8, 4) is 0 Å². The van der Waals surface area contributed by atoms with Crippen LogP contribution in [0.4, 0.5) is 11.4 Å². The molecule has 12 heteroatoms. The Hall–Kier alpha value is -3.83. The second-order valence-electron chi connectivity index (χ2n) is 4.88. The van der Waals surface area contributed by atoms with Gasteiger partial charge in [-0.3, -0.25) is 9.59 Å². The van der Waals surface area contributed by atoms with Crippen molar-refractivity contribution in [2.75, 3.05) is 23.3 Å². The fourth-order valence-corrected chi connectivity index (χ4v) is 2.06. The molecule has 0 spiro atoms. The summed E-state index contributed by atoms with van der Waals surface area (Å²) in [5, 5.41) is 47.2. The highest BCUT2D eigenvalue weighted by atomic mass is 16.4. The molecular formula is C14H14N2O10. The minimum atomic E-state index is -2.27. The highest BCUT2D eigenvalue weighted by molar-refractivity contribution is 6.02. The van der Waals surface area contributed by atoms with Gasteiger partial charge in [0.05, 0.1) is 5.56 Å². The van der Waals surface area contributed by atoms with Gasteiger partial charge in [0, 0.05) is 11.4 Å². The normalized spacial score (nSPS) is 10.2. The molecule has 0 radical (unpaired) electrons. The molecule has 0 saturated heterocycles. The van der Waals surface area contributed by atoms with Crippen molar-refractivity contribution >= 4 is 41.2 Å². The lowest BCUT2D eigenvalue weighted by molar-refractivity contribution is -0.150. The van der Waals surface area contributed by atoms with Crippen molar-refractivity contribution in [1.29, 1.82) is 0 Å². The second kappa shape index (κ2) is 8.32. The van der Waals surface area contributed by atoms with Crippen LogP contribution in [0, 0.1) is 0 Å². The Kier molecular flexibility index (Phi) is 6.47. The third-order valence-corrected chi connectivity index (χ3v) is 3.08. The van der Waals surface area contributed by atoms with E-state index >= 15 is 0 Å². The molecular weight excluding hydrogens is 356 g/mol. The molecule has 6 N–H and O–H groups in total. The molecule has 0 aliphatic heterocycles. The van der Waals surface area contributed by atoms with Crippen LogP contribution in [-0.4, -0.2) is 74.5 Å². The Bertz CT molecular complexity index is 746. The number of nitrogens with zero attached hydrogens (tertiary/aromatic N) is 1. The zero-order valence-electron chi connectivity index (χ0n) is 12.9. The van der Waals surface area contributed by atoms with Crippen molar-refractivity contribution in [2.24, 2.45) is 0 Å². The fourth-order valence-electron chi connectivity index (χ4n) is 2.06. The maximum atomic E-state index is 11.3. The Balaban J connectivity index is 3.41. The lowest BCUT2D eigenvalue weighted by Crippen LogP contribution is -2.49. The summed E-state index contributed by atoms with van der Waals surface area (Å²) in [7, 11) is 0. The first-order chi connectivity index (χ1) is 12.0. The summed E-state index contributed by atoms with van der Waals surface area (Å²) < 4.78 is 0. The number of rotatable bonds is 10. The molecule has 12 nitrogen and oxygen atoms in total. The van der Waals surface area contributed by atoms with Gasteiger partial charge in [-0.1, -0.05) is 0 Å². The number of anilines is 2. The number of carboxylic acids is 5. The quantitative estimate of drug-likeness (QED) is 0.283. The average molecular weight is 370 g/mol. The Morgan fingerprint density at radius 2 is 1.50 bits per heavy atom. The third-order valence-electron chi connectivity index (χ3n) is 3.08. The predicted octanol–water partition coefficient (Wildman–Crippen LogP) is -0.690. The van der Waals surface area contributed by atoms with Crippen molar-refractivity contribution in [2.45, 2.75) is 6.04 Å². The first-order valence-corrected chi connectivity index (χ1v) is 6.81. The van der Waals surface area contributed by atoms with Gasteiger partial charge in [-0.15, -0.1) is 0 Å². The molecule has 1 rings (SSSR count). The number of aromatic carboxylic acids is 1. The minimum Gasteiger partial charge on any atom is -0.480 e. The number of nitrogens with one attached hydrogen (secondary N) is 1. The van der Waals surface area contributed by atoms with Gasteiger partial charge in [0.15, 0.2) is 0 Å². The van der Waals surface area contributed by atoms with Crippen LogP contribution < -0.4 is 10.2 Å². The molecule has 0 saturated carbocycles. The molecule has 0 amide bonds. The highest BCUT2D eigenvalue weighted by Gasteiger charge is 2.35. The van der Waals surface area contributed by atoms with Crippen LogP contribution in [-0.2, 0) is 19.2 Å². The van der Waals surface area contributed by atoms with Crippen LogP contribution in [0.3, 0.4) is 0 Å². The summed E-state index contributed by atoms with van der Waals surface area (Å²) in [6, 6.07) is 0.745. The van der Waals surface area contributed by atoms with Crippen molar-refractivity contribution in [3.05, 3.63) is 23.8 Å². The minimum absolute atomic E-state index is 0.124. The molecule has 0 fully saturated rings. The maximum absolute atomic E-state index is 11.3. The summed E-state index contributed by atoms with van der Waals surface area (Å²) in [6.07, 6.45) is 0. The number of carboxylic acid groups (broad SMARTS) is 5. The van der Waals surface area contributed by atoms with Crippen LogP contribution >= 0.6 is 0 Å². The lowest BCUT2D eigenvalue weighted by atomic mass is 10.1. The Morgan fingerprint density at radius 3 is 1.92 bits per heavy atom. The van der Waals surface area contributed by atoms with Crippen molar-refractivity contribution < 1.29 is 49.5 Å². The monoisotopic (exact) mass is 370 g/mol. The van der Waals surface area contributed by atoms with Crippen molar-refractivity contribution in [1.82, 2.24) is 0 Å². The summed E-state index contributed by atoms with van der Waals surface area (Å²) in [4.78, 5) is 55.8. The summed E-state index contributed by atoms with van der Waals surface area (Å²) in [5.41, 5.74) is -0.907. The topological polar surface area (TPSA) is 202 Å². The third kappa shape index (κ3) is 5.09. The van der Waals surface area contributed by atoms with E-state index in [0.29, 0.717) is 4.90 Å². The molecule has 0 atom stereocenters. The molecule has 0 unspecified atom stereocenters. The number of benzene rings is 1. The molecule has 0 aromatic heterocycles. The summed E-state index contributed by atoms with van der Waals surface area (Å²) in [5.74, 6) is -8.01. The Morgan fingerprint density at radius 1 is 0.923 bits per heavy atom. The molecule has 26 heavy (non-hydrogen) atoms. The number of carbonyl (C=O) groups is 5. The first kappa shape index (κ1) is 20.2. The zero-order valence-corrected chi connectivity index (χ0v) is 12.9. The standard InChI is InChI=1S/C14H14N2O10/c17-9(18)4-15-8-2-1-6(3-7(8)12(21)22)16(5-10(19)20)11(13(23)24)14(25)26/h1-3,11,15H,4-5H2,(H,17,18)(H,19,20)(H,21,22)(H,23,24)(H,25,26). The van der Waals surface area contributed by atoms with Crippen LogP contribution in [0.15, 0.2) is 18.2 Å². The Labute approximate surface area is 144 Å². The number of aliphatic carboxylic acids is 4. The van der Waals surface area contributed by atoms with Gasteiger partial charge in [-0.05, 0) is 18.2 Å². The van der Waals surface area contributed by atoms with Gasteiger partial charge in [-0.25, -0.2) is 14.4 Å². The van der Waals surface area contributed by atoms with E-state index in [0.717, 1.165) is 18.2 Å². The van der Waals surface area contributed by atoms with Gasteiger partial charge in [0.2, 0.25) is 6.04 Å². The second-order valence-corrected chi connectivity index (χ2v) is 4.88. The van der Waals surface area contributed by atoms with E-state index in [9.17, 15) is 29.1 Å². The number of hydrogen-bond donors (Lipinski definition) is 6. The first-order valence-electron chi connectivity index (χ1n) is 6.81. The van der Waals surface area contributed by atoms with E-state index in [1.807, 2.05) is 0 Å². The van der Waals surface area contributed by atoms with Gasteiger partial charge < -0.3 is 35.7 Å². The van der Waals surface area contributed by atoms with E-state index in [-0.39, 0.29) is 11.4 Å². The highest BCUT2D eigenvalue weighted by Crippen LogP contribution is 2.25. The van der Waals surface area contributed by atoms with Crippen LogP contribution in [0.25, 0.3) is 0 Å². The molecule has 0 aliphatic rings. The van der Waals surface area contributed by atoms with Gasteiger partial charge in [-0.2, -0.15) is 0 Å². The SMILES string of the molecule is O=C(O)CNc1ccc(N(CC(=O)O)C(C(=O)O)C(=O)O)cc1C(=O)O. The van der Waals surface area contributed by atoms with Crippen LogP contribution in [0.2, 0.25) is 0 Å². The van der Waals surface area contributed by atoms with E-state index in [1.54, 1.807) is 0 Å². The smallest absolute Gasteiger partial charge is 0.338 e.